The Hall–Kier alpha value is -2.21. The molecular formula is C13H16N4O2. The second-order valence-corrected chi connectivity index (χ2v) is 4.08. The Morgan fingerprint density at radius 2 is 2.16 bits per heavy atom. The molecule has 100 valence electrons. The third kappa shape index (κ3) is 3.62. The summed E-state index contributed by atoms with van der Waals surface area (Å²) in [4.78, 5) is 15.9. The van der Waals surface area contributed by atoms with Crippen LogP contribution in [-0.4, -0.2) is 29.1 Å². The molecule has 1 heterocycles. The second-order valence-electron chi connectivity index (χ2n) is 4.08. The van der Waals surface area contributed by atoms with Crippen molar-refractivity contribution in [3.8, 4) is 0 Å². The summed E-state index contributed by atoms with van der Waals surface area (Å²) in [6.07, 6.45) is 1.85. The number of amides is 1. The van der Waals surface area contributed by atoms with Gasteiger partial charge in [0.25, 0.3) is 0 Å². The highest BCUT2D eigenvalue weighted by Gasteiger charge is 2.18. The molecule has 6 nitrogen and oxygen atoms in total. The maximum atomic E-state index is 12.0. The molecule has 0 spiro atoms. The molecule has 1 aromatic heterocycles. The van der Waals surface area contributed by atoms with Gasteiger partial charge in [-0.15, -0.1) is 0 Å². The van der Waals surface area contributed by atoms with Crippen molar-refractivity contribution < 1.29 is 9.32 Å². The van der Waals surface area contributed by atoms with Crippen molar-refractivity contribution in [2.45, 2.75) is 12.3 Å². The van der Waals surface area contributed by atoms with Gasteiger partial charge >= 0.3 is 0 Å². The van der Waals surface area contributed by atoms with Crippen LogP contribution in [0.2, 0.25) is 0 Å². The lowest BCUT2D eigenvalue weighted by molar-refractivity contribution is -0.122. The van der Waals surface area contributed by atoms with Gasteiger partial charge in [-0.3, -0.25) is 4.79 Å². The molecule has 0 saturated heterocycles. The van der Waals surface area contributed by atoms with E-state index in [1.54, 1.807) is 0 Å². The molecular weight excluding hydrogens is 244 g/mol. The number of benzene rings is 1. The molecule has 2 aromatic rings. The number of carbonyl (C=O) groups excluding carboxylic acids is 1. The van der Waals surface area contributed by atoms with E-state index in [-0.39, 0.29) is 18.4 Å². The fourth-order valence-corrected chi connectivity index (χ4v) is 1.80. The maximum absolute atomic E-state index is 12.0. The zero-order valence-corrected chi connectivity index (χ0v) is 10.5. The average molecular weight is 260 g/mol. The lowest BCUT2D eigenvalue weighted by Crippen LogP contribution is -2.34. The van der Waals surface area contributed by atoms with Crippen LogP contribution in [-0.2, 0) is 11.2 Å². The van der Waals surface area contributed by atoms with Gasteiger partial charge in [0.05, 0.1) is 5.92 Å². The van der Waals surface area contributed by atoms with Crippen molar-refractivity contribution >= 4 is 5.91 Å². The largest absolute Gasteiger partial charge is 0.355 e. The first-order valence-electron chi connectivity index (χ1n) is 6.09. The second kappa shape index (κ2) is 6.65. The SMILES string of the molecule is NCC(C(=O)NCCc1ncno1)c1ccccc1. The van der Waals surface area contributed by atoms with E-state index in [4.69, 9.17) is 10.3 Å². The minimum Gasteiger partial charge on any atom is -0.355 e. The van der Waals surface area contributed by atoms with E-state index in [2.05, 4.69) is 15.5 Å². The van der Waals surface area contributed by atoms with E-state index in [1.807, 2.05) is 30.3 Å². The summed E-state index contributed by atoms with van der Waals surface area (Å²) >= 11 is 0. The molecule has 0 fully saturated rings. The van der Waals surface area contributed by atoms with E-state index in [9.17, 15) is 4.79 Å². The van der Waals surface area contributed by atoms with Crippen LogP contribution in [0.4, 0.5) is 0 Å². The summed E-state index contributed by atoms with van der Waals surface area (Å²) in [5.74, 6) is 0.0846. The first-order chi connectivity index (χ1) is 9.31. The third-order valence-corrected chi connectivity index (χ3v) is 2.80. The Bertz CT molecular complexity index is 499. The minimum atomic E-state index is -0.330. The molecule has 2 rings (SSSR count). The molecule has 1 amide bonds. The van der Waals surface area contributed by atoms with E-state index >= 15 is 0 Å². The Balaban J connectivity index is 1.87. The zero-order valence-electron chi connectivity index (χ0n) is 10.5. The van der Waals surface area contributed by atoms with Gasteiger partial charge in [0.15, 0.2) is 6.33 Å². The number of nitrogens with zero attached hydrogens (tertiary/aromatic N) is 2. The Labute approximate surface area is 111 Å². The minimum absolute atomic E-state index is 0.0896. The van der Waals surface area contributed by atoms with Crippen LogP contribution in [0.15, 0.2) is 41.2 Å². The molecule has 0 bridgehead atoms. The third-order valence-electron chi connectivity index (χ3n) is 2.80. The molecule has 1 atom stereocenters. The van der Waals surface area contributed by atoms with Gasteiger partial charge in [0.2, 0.25) is 11.8 Å². The van der Waals surface area contributed by atoms with Gasteiger partial charge in [-0.25, -0.2) is 0 Å². The molecule has 1 unspecified atom stereocenters. The lowest BCUT2D eigenvalue weighted by atomic mass is 9.98. The average Bonchev–Trinajstić information content (AvgIpc) is 2.94. The van der Waals surface area contributed by atoms with E-state index in [1.165, 1.54) is 6.33 Å². The quantitative estimate of drug-likeness (QED) is 0.787. The topological polar surface area (TPSA) is 94.0 Å². The highest BCUT2D eigenvalue weighted by atomic mass is 16.5. The predicted molar refractivity (Wildman–Crippen MR) is 69.2 cm³/mol. The van der Waals surface area contributed by atoms with E-state index in [0.29, 0.717) is 18.9 Å². The highest BCUT2D eigenvalue weighted by Crippen LogP contribution is 2.13. The van der Waals surface area contributed by atoms with Crippen LogP contribution in [0.3, 0.4) is 0 Å². The summed E-state index contributed by atoms with van der Waals surface area (Å²) in [6.45, 7) is 0.723. The molecule has 0 saturated carbocycles. The number of hydrogen-bond donors (Lipinski definition) is 2. The highest BCUT2D eigenvalue weighted by molar-refractivity contribution is 5.83. The monoisotopic (exact) mass is 260 g/mol. The fraction of sp³-hybridized carbons (Fsp3) is 0.308. The molecule has 6 heteroatoms. The van der Waals surface area contributed by atoms with Crippen molar-refractivity contribution in [3.63, 3.8) is 0 Å². The Kier molecular flexibility index (Phi) is 4.63. The number of rotatable bonds is 6. The van der Waals surface area contributed by atoms with Crippen molar-refractivity contribution in [1.29, 1.82) is 0 Å². The van der Waals surface area contributed by atoms with Crippen LogP contribution in [0, 0.1) is 0 Å². The number of aromatic nitrogens is 2. The van der Waals surface area contributed by atoms with Crippen LogP contribution >= 0.6 is 0 Å². The van der Waals surface area contributed by atoms with Crippen LogP contribution in [0.1, 0.15) is 17.4 Å². The number of nitrogens with two attached hydrogens (primary N) is 1. The van der Waals surface area contributed by atoms with Crippen LogP contribution < -0.4 is 11.1 Å². The number of carbonyl (C=O) groups is 1. The maximum Gasteiger partial charge on any atom is 0.228 e. The smallest absolute Gasteiger partial charge is 0.228 e. The standard InChI is InChI=1S/C13H16N4O2/c14-8-11(10-4-2-1-3-5-10)13(18)15-7-6-12-16-9-17-19-12/h1-5,9,11H,6-8,14H2,(H,15,18). The summed E-state index contributed by atoms with van der Waals surface area (Å²) in [6, 6.07) is 9.49. The first kappa shape index (κ1) is 13.2. The number of hydrogen-bond acceptors (Lipinski definition) is 5. The van der Waals surface area contributed by atoms with Gasteiger partial charge < -0.3 is 15.6 Å². The van der Waals surface area contributed by atoms with Crippen LogP contribution in [0.5, 0.6) is 0 Å². The molecule has 0 aliphatic heterocycles. The molecule has 19 heavy (non-hydrogen) atoms. The van der Waals surface area contributed by atoms with Crippen molar-refractivity contribution in [2.75, 3.05) is 13.1 Å². The van der Waals surface area contributed by atoms with Gasteiger partial charge in [0, 0.05) is 19.5 Å². The summed E-state index contributed by atoms with van der Waals surface area (Å²) < 4.78 is 4.85. The van der Waals surface area contributed by atoms with Crippen molar-refractivity contribution in [1.82, 2.24) is 15.5 Å². The first-order valence-corrected chi connectivity index (χ1v) is 6.09. The normalized spacial score (nSPS) is 12.1. The number of nitrogens with one attached hydrogen (secondary N) is 1. The fourth-order valence-electron chi connectivity index (χ4n) is 1.80. The molecule has 0 aliphatic rings. The Morgan fingerprint density at radius 3 is 2.79 bits per heavy atom. The summed E-state index contributed by atoms with van der Waals surface area (Å²) in [5.41, 5.74) is 6.59. The molecule has 0 aliphatic carbocycles. The van der Waals surface area contributed by atoms with Crippen molar-refractivity contribution in [3.05, 3.63) is 48.1 Å². The summed E-state index contributed by atoms with van der Waals surface area (Å²) in [7, 11) is 0. The van der Waals surface area contributed by atoms with Gasteiger partial charge in [-0.1, -0.05) is 35.5 Å². The molecule has 1 aromatic carbocycles. The van der Waals surface area contributed by atoms with Gasteiger partial charge in [-0.2, -0.15) is 4.98 Å². The summed E-state index contributed by atoms with van der Waals surface area (Å²) in [5, 5.41) is 6.32. The lowest BCUT2D eigenvalue weighted by Gasteiger charge is -2.14. The van der Waals surface area contributed by atoms with Crippen molar-refractivity contribution in [2.24, 2.45) is 5.73 Å². The van der Waals surface area contributed by atoms with Gasteiger partial charge in [-0.05, 0) is 5.56 Å². The molecule has 3 N–H and O–H groups in total. The predicted octanol–water partition coefficient (Wildman–Crippen LogP) is 0.471. The van der Waals surface area contributed by atoms with Gasteiger partial charge in [0.1, 0.15) is 0 Å². The van der Waals surface area contributed by atoms with Crippen LogP contribution in [0.25, 0.3) is 0 Å². The Morgan fingerprint density at radius 1 is 1.37 bits per heavy atom. The van der Waals surface area contributed by atoms with E-state index < -0.39 is 0 Å². The van der Waals surface area contributed by atoms with E-state index in [0.717, 1.165) is 5.56 Å². The molecule has 0 radical (unpaired) electrons. The zero-order chi connectivity index (χ0) is 13.5.